The van der Waals surface area contributed by atoms with Gasteiger partial charge in [-0.25, -0.2) is 0 Å². The first-order chi connectivity index (χ1) is 48.7. The van der Waals surface area contributed by atoms with Crippen molar-refractivity contribution in [1.29, 1.82) is 0 Å². The Kier molecular flexibility index (Phi) is 20.2. The molecule has 0 radical (unpaired) electrons. The van der Waals surface area contributed by atoms with Crippen molar-refractivity contribution in [2.24, 2.45) is 0 Å². The Bertz CT molecular complexity index is 4770. The number of non-ortho nitro benzene ring substituents is 1. The zero-order valence-corrected chi connectivity index (χ0v) is 59.4. The number of nitrogens with zero attached hydrogens (tertiary/aromatic N) is 3. The van der Waals surface area contributed by atoms with Gasteiger partial charge in [0.1, 0.15) is 0 Å². The molecule has 2 aliphatic heterocycles. The van der Waals surface area contributed by atoms with E-state index in [0.29, 0.717) is 25.7 Å². The summed E-state index contributed by atoms with van der Waals surface area (Å²) in [7, 11) is 4.41. The third kappa shape index (κ3) is 14.0. The SMILES string of the molecule is C=C(/C=C/C=C1/N(C)c2ccccc2C1(Cc1ccccc1)Cc1ccccc1)C(Cc1ccccc1)(Cc1ccc(CC(Cc2ccccc2)(C(=C)/C=C/C=C2/N(C)c3ccccc3C2(Cc2ccccc2)Cc2ccccc2)c2cc([N+](=O)[O-])ccc2C)cc1)c1cc(Br)ccc1C. The van der Waals surface area contributed by atoms with Gasteiger partial charge in [-0.2, -0.15) is 0 Å². The number of benzene rings is 11. The molecule has 0 saturated carbocycles. The largest absolute Gasteiger partial charge is 0.347 e. The Morgan fingerprint density at radius 2 is 0.710 bits per heavy atom. The molecule has 100 heavy (non-hydrogen) atoms. The first kappa shape index (κ1) is 67.9. The molecule has 6 heteroatoms. The number of aryl methyl sites for hydroxylation is 2. The molecule has 0 aromatic heterocycles. The second-order valence-electron chi connectivity index (χ2n) is 27.7. The van der Waals surface area contributed by atoms with Crippen molar-refractivity contribution in [3.05, 3.63) is 456 Å². The monoisotopic (exact) mass is 1370 g/mol. The Hall–Kier alpha value is -10.7. The van der Waals surface area contributed by atoms with Crippen LogP contribution in [0.3, 0.4) is 0 Å². The van der Waals surface area contributed by atoms with E-state index in [2.05, 4.69) is 357 Å². The first-order valence-electron chi connectivity index (χ1n) is 34.8. The summed E-state index contributed by atoms with van der Waals surface area (Å²) in [4.78, 5) is 17.5. The van der Waals surface area contributed by atoms with E-state index in [4.69, 9.17) is 13.2 Å². The van der Waals surface area contributed by atoms with E-state index in [1.165, 1.54) is 72.8 Å². The van der Waals surface area contributed by atoms with E-state index in [-0.39, 0.29) is 16.0 Å². The Morgan fingerprint density at radius 3 is 1.06 bits per heavy atom. The van der Waals surface area contributed by atoms with Crippen LogP contribution in [0.25, 0.3) is 0 Å². The zero-order valence-electron chi connectivity index (χ0n) is 57.8. The average Bonchev–Trinajstić information content (AvgIpc) is 1.51. The average molecular weight is 1370 g/mol. The number of hydrogen-bond acceptors (Lipinski definition) is 4. The van der Waals surface area contributed by atoms with Gasteiger partial charge in [0.15, 0.2) is 0 Å². The van der Waals surface area contributed by atoms with Crippen molar-refractivity contribution in [2.45, 2.75) is 86.9 Å². The molecule has 2 unspecified atom stereocenters. The van der Waals surface area contributed by atoms with Gasteiger partial charge in [-0.3, -0.25) is 10.1 Å². The molecule has 2 atom stereocenters. The van der Waals surface area contributed by atoms with Gasteiger partial charge in [-0.05, 0) is 191 Å². The first-order valence-corrected chi connectivity index (χ1v) is 35.6. The maximum absolute atomic E-state index is 13.0. The molecule has 496 valence electrons. The molecule has 0 saturated heterocycles. The van der Waals surface area contributed by atoms with Crippen molar-refractivity contribution < 1.29 is 4.92 Å². The van der Waals surface area contributed by atoms with E-state index < -0.39 is 16.2 Å². The van der Waals surface area contributed by atoms with E-state index >= 15 is 0 Å². The minimum absolute atomic E-state index is 0.0476. The molecular weight excluding hydrogens is 1280 g/mol. The van der Waals surface area contributed by atoms with Crippen LogP contribution in [0.2, 0.25) is 0 Å². The number of rotatable bonds is 25. The van der Waals surface area contributed by atoms with E-state index in [1.54, 1.807) is 12.1 Å². The van der Waals surface area contributed by atoms with Gasteiger partial charge in [0.2, 0.25) is 0 Å². The second kappa shape index (κ2) is 29.8. The van der Waals surface area contributed by atoms with E-state index in [9.17, 15) is 10.1 Å². The highest BCUT2D eigenvalue weighted by Crippen LogP contribution is 2.54. The molecule has 2 heterocycles. The van der Waals surface area contributed by atoms with Crippen molar-refractivity contribution in [2.75, 3.05) is 23.9 Å². The Balaban J connectivity index is 0.911. The van der Waals surface area contributed by atoms with Crippen molar-refractivity contribution in [3.8, 4) is 0 Å². The van der Waals surface area contributed by atoms with Crippen LogP contribution in [-0.4, -0.2) is 19.0 Å². The number of hydrogen-bond donors (Lipinski definition) is 0. The summed E-state index contributed by atoms with van der Waals surface area (Å²) in [5.41, 5.74) is 21.0. The second-order valence-corrected chi connectivity index (χ2v) is 28.6. The lowest BCUT2D eigenvalue weighted by Crippen LogP contribution is -2.35. The number of halogens is 1. The lowest BCUT2D eigenvalue weighted by Gasteiger charge is -2.38. The molecule has 0 amide bonds. The van der Waals surface area contributed by atoms with Gasteiger partial charge in [0.25, 0.3) is 5.69 Å². The van der Waals surface area contributed by atoms with Crippen LogP contribution in [0.5, 0.6) is 0 Å². The van der Waals surface area contributed by atoms with Crippen molar-refractivity contribution in [1.82, 2.24) is 0 Å². The van der Waals surface area contributed by atoms with Gasteiger partial charge in [0.05, 0.1) is 4.92 Å². The van der Waals surface area contributed by atoms with E-state index in [0.717, 1.165) is 69.1 Å². The summed E-state index contributed by atoms with van der Waals surface area (Å²) in [6.07, 6.45) is 19.2. The van der Waals surface area contributed by atoms with Crippen molar-refractivity contribution >= 4 is 33.0 Å². The number of likely N-dealkylation sites (N-methyl/N-ethyl adjacent to an activating group) is 2. The molecule has 0 bridgehead atoms. The Labute approximate surface area is 600 Å². The molecule has 11 aromatic rings. The van der Waals surface area contributed by atoms with Crippen LogP contribution < -0.4 is 9.80 Å². The summed E-state index contributed by atoms with van der Waals surface area (Å²) in [6, 6.07) is 104. The van der Waals surface area contributed by atoms with Gasteiger partial charge >= 0.3 is 0 Å². The van der Waals surface area contributed by atoms with Crippen LogP contribution >= 0.6 is 15.9 Å². The molecule has 0 spiro atoms. The minimum Gasteiger partial charge on any atom is -0.347 e. The third-order valence-corrected chi connectivity index (χ3v) is 21.9. The molecule has 0 N–H and O–H groups in total. The quantitative estimate of drug-likeness (QED) is 0.0325. The summed E-state index contributed by atoms with van der Waals surface area (Å²) in [6.45, 7) is 14.5. The smallest absolute Gasteiger partial charge is 0.269 e. The van der Waals surface area contributed by atoms with Crippen LogP contribution in [0.1, 0.15) is 77.9 Å². The van der Waals surface area contributed by atoms with Crippen LogP contribution in [0.15, 0.2) is 368 Å². The number of nitro groups is 1. The maximum Gasteiger partial charge on any atom is 0.269 e. The highest BCUT2D eigenvalue weighted by Gasteiger charge is 2.48. The normalized spacial score (nSPS) is 15.8. The molecule has 2 aliphatic rings. The fraction of sp³-hybridized carbons (Fsp3) is 0.170. The number of fused-ring (bicyclic) bond motifs is 2. The van der Waals surface area contributed by atoms with Gasteiger partial charge in [-0.1, -0.05) is 308 Å². The fourth-order valence-electron chi connectivity index (χ4n) is 16.6. The minimum atomic E-state index is -0.851. The number of allylic oxidation sites excluding steroid dienone is 10. The molecule has 0 aliphatic carbocycles. The number of nitro benzene ring substituents is 1. The molecule has 13 rings (SSSR count). The topological polar surface area (TPSA) is 49.6 Å². The highest BCUT2D eigenvalue weighted by atomic mass is 79.9. The lowest BCUT2D eigenvalue weighted by atomic mass is 9.64. The summed E-state index contributed by atoms with van der Waals surface area (Å²) in [5, 5.41) is 13.0. The predicted molar refractivity (Wildman–Crippen MR) is 421 cm³/mol. The lowest BCUT2D eigenvalue weighted by molar-refractivity contribution is -0.385. The van der Waals surface area contributed by atoms with Crippen LogP contribution in [0, 0.1) is 24.0 Å². The van der Waals surface area contributed by atoms with Gasteiger partial charge in [0, 0.05) is 75.1 Å². The zero-order chi connectivity index (χ0) is 69.3. The molecule has 5 nitrogen and oxygen atoms in total. The maximum atomic E-state index is 13.0. The van der Waals surface area contributed by atoms with Crippen LogP contribution in [-0.2, 0) is 73.0 Å². The Morgan fingerprint density at radius 1 is 0.410 bits per heavy atom. The number of para-hydroxylation sites is 2. The summed E-state index contributed by atoms with van der Waals surface area (Å²) < 4.78 is 1.01. The fourth-order valence-corrected chi connectivity index (χ4v) is 16.9. The summed E-state index contributed by atoms with van der Waals surface area (Å²) in [5.74, 6) is 0. The predicted octanol–water partition coefficient (Wildman–Crippen LogP) is 22.2. The highest BCUT2D eigenvalue weighted by molar-refractivity contribution is 9.10. The van der Waals surface area contributed by atoms with Gasteiger partial charge in [-0.15, -0.1) is 0 Å². The molecule has 11 aromatic carbocycles. The van der Waals surface area contributed by atoms with Gasteiger partial charge < -0.3 is 9.80 Å². The summed E-state index contributed by atoms with van der Waals surface area (Å²) >= 11 is 3.96. The third-order valence-electron chi connectivity index (χ3n) is 21.4. The molecule has 0 fully saturated rings. The molecular formula is C94H86BrN3O2. The standard InChI is InChI=1S/C94H86BrN3O2/c1-69-51-57-81(95)59-85(69)91(61-73-33-13-7-14-34-73,71(3)31-29-49-89-93(65-75-37-17-9-18-38-75,66-76-39-19-10-20-40-76)83-45-25-27-47-87(83)96(89)5)63-79-53-55-80(56-54-79)64-92(62-74-35-15-8-16-36-74,86-60-82(98(99)100)58-52-70(86)2)72(4)32-30-50-90-94(67-77-41-21-11-22-42-77,68-78-43-23-12-24-44-78)84-46-26-28-48-88(84)97(90)6/h7-60H,3-4,61-68H2,1-2,5-6H3/b31-29+,32-30+,89-49+,90-50+. The van der Waals surface area contributed by atoms with Crippen molar-refractivity contribution in [3.63, 3.8) is 0 Å². The van der Waals surface area contributed by atoms with Crippen LogP contribution in [0.4, 0.5) is 17.1 Å². The van der Waals surface area contributed by atoms with E-state index in [1.807, 2.05) is 12.1 Å². The number of anilines is 2.